The zero-order chi connectivity index (χ0) is 16.5. The van der Waals surface area contributed by atoms with E-state index in [0.29, 0.717) is 19.0 Å². The van der Waals surface area contributed by atoms with E-state index < -0.39 is 0 Å². The molecule has 4 rings (SSSR count). The monoisotopic (exact) mass is 344 g/mol. The van der Waals surface area contributed by atoms with Gasteiger partial charge in [-0.3, -0.25) is 9.69 Å². The maximum absolute atomic E-state index is 12.2. The molecular formula is C18H24N4OS. The summed E-state index contributed by atoms with van der Waals surface area (Å²) in [4.78, 5) is 20.6. The lowest BCUT2D eigenvalue weighted by atomic mass is 10.1. The average molecular weight is 344 g/mol. The SMILES string of the molecule is Cn1c(C2CC2)nc2c1CCN(CC(=O)NCCc1cccs1)C2. The molecule has 3 heterocycles. The molecule has 2 aromatic rings. The fraction of sp³-hybridized carbons (Fsp3) is 0.556. The second-order valence-electron chi connectivity index (χ2n) is 6.84. The number of hydrogen-bond donors (Lipinski definition) is 1. The Kier molecular flexibility index (Phi) is 4.41. The van der Waals surface area contributed by atoms with Gasteiger partial charge in [-0.25, -0.2) is 4.98 Å². The average Bonchev–Trinajstić information content (AvgIpc) is 3.18. The number of amides is 1. The molecule has 1 fully saturated rings. The highest BCUT2D eigenvalue weighted by Gasteiger charge is 2.31. The summed E-state index contributed by atoms with van der Waals surface area (Å²) in [6.07, 6.45) is 4.47. The first-order valence-electron chi connectivity index (χ1n) is 8.76. The molecule has 2 aromatic heterocycles. The molecule has 1 saturated carbocycles. The minimum absolute atomic E-state index is 0.119. The van der Waals surface area contributed by atoms with Gasteiger partial charge in [0.05, 0.1) is 12.2 Å². The molecule has 0 spiro atoms. The zero-order valence-corrected chi connectivity index (χ0v) is 14.9. The fourth-order valence-corrected chi connectivity index (χ4v) is 4.19. The molecule has 2 aliphatic rings. The van der Waals surface area contributed by atoms with Crippen LogP contribution in [0.15, 0.2) is 17.5 Å². The quantitative estimate of drug-likeness (QED) is 0.873. The predicted molar refractivity (Wildman–Crippen MR) is 95.2 cm³/mol. The van der Waals surface area contributed by atoms with Crippen molar-refractivity contribution in [3.63, 3.8) is 0 Å². The van der Waals surface area contributed by atoms with Crippen LogP contribution in [0.1, 0.15) is 40.8 Å². The molecule has 0 bridgehead atoms. The van der Waals surface area contributed by atoms with E-state index in [1.54, 1.807) is 11.3 Å². The van der Waals surface area contributed by atoms with E-state index in [4.69, 9.17) is 4.98 Å². The van der Waals surface area contributed by atoms with Gasteiger partial charge in [-0.2, -0.15) is 0 Å². The van der Waals surface area contributed by atoms with Gasteiger partial charge in [0.15, 0.2) is 0 Å². The van der Waals surface area contributed by atoms with Gasteiger partial charge in [0.1, 0.15) is 5.82 Å². The predicted octanol–water partition coefficient (Wildman–Crippen LogP) is 2.08. The molecule has 6 heteroatoms. The van der Waals surface area contributed by atoms with Gasteiger partial charge >= 0.3 is 0 Å². The van der Waals surface area contributed by atoms with Gasteiger partial charge in [0, 0.05) is 49.6 Å². The molecule has 1 aliphatic carbocycles. The Morgan fingerprint density at radius 1 is 1.46 bits per heavy atom. The van der Waals surface area contributed by atoms with Crippen LogP contribution in [0, 0.1) is 0 Å². The first-order valence-corrected chi connectivity index (χ1v) is 9.64. The van der Waals surface area contributed by atoms with E-state index in [-0.39, 0.29) is 5.91 Å². The van der Waals surface area contributed by atoms with Crippen molar-refractivity contribution < 1.29 is 4.79 Å². The summed E-state index contributed by atoms with van der Waals surface area (Å²) in [6.45, 7) is 2.93. The molecule has 1 aliphatic heterocycles. The van der Waals surface area contributed by atoms with Crippen molar-refractivity contribution in [2.45, 2.75) is 38.1 Å². The highest BCUT2D eigenvalue weighted by Crippen LogP contribution is 2.40. The van der Waals surface area contributed by atoms with Crippen LogP contribution in [0.5, 0.6) is 0 Å². The molecule has 0 radical (unpaired) electrons. The van der Waals surface area contributed by atoms with Crippen molar-refractivity contribution in [1.29, 1.82) is 0 Å². The molecule has 0 saturated heterocycles. The van der Waals surface area contributed by atoms with E-state index in [2.05, 4.69) is 39.3 Å². The summed E-state index contributed by atoms with van der Waals surface area (Å²) in [5.41, 5.74) is 2.54. The lowest BCUT2D eigenvalue weighted by Crippen LogP contribution is -2.40. The molecule has 0 atom stereocenters. The maximum Gasteiger partial charge on any atom is 0.234 e. The maximum atomic E-state index is 12.2. The number of hydrogen-bond acceptors (Lipinski definition) is 4. The smallest absolute Gasteiger partial charge is 0.234 e. The molecule has 128 valence electrons. The topological polar surface area (TPSA) is 50.2 Å². The van der Waals surface area contributed by atoms with Crippen LogP contribution in [0.3, 0.4) is 0 Å². The molecule has 0 unspecified atom stereocenters. The molecule has 1 N–H and O–H groups in total. The first kappa shape index (κ1) is 15.8. The van der Waals surface area contributed by atoms with Gasteiger partial charge in [-0.15, -0.1) is 11.3 Å². The highest BCUT2D eigenvalue weighted by atomic mass is 32.1. The van der Waals surface area contributed by atoms with E-state index in [1.807, 2.05) is 0 Å². The minimum Gasteiger partial charge on any atom is -0.355 e. The summed E-state index contributed by atoms with van der Waals surface area (Å²) < 4.78 is 2.30. The van der Waals surface area contributed by atoms with Crippen LogP contribution in [0.25, 0.3) is 0 Å². The number of imidazole rings is 1. The number of rotatable bonds is 6. The molecular weight excluding hydrogens is 320 g/mol. The first-order chi connectivity index (χ1) is 11.7. The normalized spacial score (nSPS) is 17.7. The number of nitrogens with zero attached hydrogens (tertiary/aromatic N) is 3. The van der Waals surface area contributed by atoms with Crippen LogP contribution in [0.2, 0.25) is 0 Å². The number of thiophene rings is 1. The summed E-state index contributed by atoms with van der Waals surface area (Å²) >= 11 is 1.74. The van der Waals surface area contributed by atoms with Crippen molar-refractivity contribution in [3.8, 4) is 0 Å². The van der Waals surface area contributed by atoms with E-state index in [9.17, 15) is 4.79 Å². The van der Waals surface area contributed by atoms with Gasteiger partial charge in [-0.05, 0) is 30.7 Å². The van der Waals surface area contributed by atoms with Crippen molar-refractivity contribution >= 4 is 17.2 Å². The van der Waals surface area contributed by atoms with E-state index in [1.165, 1.54) is 34.9 Å². The fourth-order valence-electron chi connectivity index (χ4n) is 3.48. The van der Waals surface area contributed by atoms with Crippen LogP contribution < -0.4 is 5.32 Å². The van der Waals surface area contributed by atoms with Gasteiger partial charge in [-0.1, -0.05) is 6.07 Å². The van der Waals surface area contributed by atoms with Gasteiger partial charge in [0.25, 0.3) is 0 Å². The van der Waals surface area contributed by atoms with Crippen molar-refractivity contribution in [1.82, 2.24) is 19.8 Å². The Labute approximate surface area is 146 Å². The third-order valence-corrected chi connectivity index (χ3v) is 5.89. The molecule has 0 aromatic carbocycles. The third kappa shape index (κ3) is 3.39. The summed E-state index contributed by atoms with van der Waals surface area (Å²) in [7, 11) is 2.15. The number of aromatic nitrogens is 2. The number of fused-ring (bicyclic) bond motifs is 1. The number of carbonyl (C=O) groups is 1. The minimum atomic E-state index is 0.119. The Morgan fingerprint density at radius 3 is 3.08 bits per heavy atom. The van der Waals surface area contributed by atoms with E-state index >= 15 is 0 Å². The van der Waals surface area contributed by atoms with Crippen molar-refractivity contribution in [3.05, 3.63) is 39.6 Å². The second-order valence-corrected chi connectivity index (χ2v) is 7.87. The third-order valence-electron chi connectivity index (χ3n) is 4.95. The van der Waals surface area contributed by atoms with Crippen LogP contribution in [0.4, 0.5) is 0 Å². The van der Waals surface area contributed by atoms with Crippen LogP contribution in [-0.2, 0) is 31.2 Å². The Morgan fingerprint density at radius 2 is 2.33 bits per heavy atom. The summed E-state index contributed by atoms with van der Waals surface area (Å²) in [6, 6.07) is 4.16. The van der Waals surface area contributed by atoms with Crippen molar-refractivity contribution in [2.24, 2.45) is 7.05 Å². The van der Waals surface area contributed by atoms with Crippen LogP contribution in [-0.4, -0.2) is 40.0 Å². The van der Waals surface area contributed by atoms with Crippen LogP contribution >= 0.6 is 11.3 Å². The molecule has 1 amide bonds. The Balaban J connectivity index is 1.28. The van der Waals surface area contributed by atoms with E-state index in [0.717, 1.165) is 25.9 Å². The molecule has 24 heavy (non-hydrogen) atoms. The number of carbonyl (C=O) groups excluding carboxylic acids is 1. The second kappa shape index (κ2) is 6.69. The lowest BCUT2D eigenvalue weighted by molar-refractivity contribution is -0.122. The number of nitrogens with one attached hydrogen (secondary N) is 1. The van der Waals surface area contributed by atoms with Gasteiger partial charge < -0.3 is 9.88 Å². The van der Waals surface area contributed by atoms with Crippen molar-refractivity contribution in [2.75, 3.05) is 19.6 Å². The standard InChI is InChI=1S/C18H24N4OS/c1-21-16-7-9-22(11-15(16)20-18(21)13-4-5-13)12-17(23)19-8-6-14-3-2-10-24-14/h2-3,10,13H,4-9,11-12H2,1H3,(H,19,23). The lowest BCUT2D eigenvalue weighted by Gasteiger charge is -2.25. The summed E-state index contributed by atoms with van der Waals surface area (Å²) in [5.74, 6) is 2.05. The molecule has 5 nitrogen and oxygen atoms in total. The van der Waals surface area contributed by atoms with Gasteiger partial charge in [0.2, 0.25) is 5.91 Å². The zero-order valence-electron chi connectivity index (χ0n) is 14.1. The Bertz CT molecular complexity index is 718. The largest absolute Gasteiger partial charge is 0.355 e. The highest BCUT2D eigenvalue weighted by molar-refractivity contribution is 7.09. The summed E-state index contributed by atoms with van der Waals surface area (Å²) in [5, 5.41) is 5.11. The Hall–Kier alpha value is -1.66.